The molecule has 0 N–H and O–H groups in total. The molecule has 10 heteroatoms. The third-order valence-corrected chi connectivity index (χ3v) is 6.60. The lowest BCUT2D eigenvalue weighted by Gasteiger charge is -2.15. The number of halogens is 2. The number of carbonyl (C=O) groups is 1. The molecule has 1 heterocycles. The number of carbonyl (C=O) groups excluding carboxylic acids is 1. The average Bonchev–Trinajstić information content (AvgIpc) is 3.29. The predicted molar refractivity (Wildman–Crippen MR) is 108 cm³/mol. The maximum absolute atomic E-state index is 12.5. The summed E-state index contributed by atoms with van der Waals surface area (Å²) in [6, 6.07) is 9.83. The highest BCUT2D eigenvalue weighted by Gasteiger charge is 2.27. The van der Waals surface area contributed by atoms with E-state index in [1.54, 1.807) is 6.92 Å². The van der Waals surface area contributed by atoms with E-state index < -0.39 is 22.6 Å². The van der Waals surface area contributed by atoms with Gasteiger partial charge in [0, 0.05) is 13.1 Å². The summed E-state index contributed by atoms with van der Waals surface area (Å²) in [6.07, 6.45) is 1.67. The van der Waals surface area contributed by atoms with E-state index in [2.05, 4.69) is 4.74 Å². The van der Waals surface area contributed by atoms with Crippen molar-refractivity contribution >= 4 is 16.0 Å². The minimum Gasteiger partial charge on any atom is -0.490 e. The smallest absolute Gasteiger partial charge is 0.387 e. The van der Waals surface area contributed by atoms with E-state index in [1.807, 2.05) is 0 Å². The molecule has 1 fully saturated rings. The molecular weight excluding hydrogens is 432 g/mol. The molecule has 2 aromatic carbocycles. The van der Waals surface area contributed by atoms with Gasteiger partial charge in [-0.1, -0.05) is 6.07 Å². The van der Waals surface area contributed by atoms with Crippen molar-refractivity contribution < 1.29 is 36.2 Å². The Kier molecular flexibility index (Phi) is 7.45. The molecular formula is C21H23F2NO6S. The number of hydrogen-bond donors (Lipinski definition) is 0. The Morgan fingerprint density at radius 1 is 1.06 bits per heavy atom. The number of benzene rings is 2. The van der Waals surface area contributed by atoms with Gasteiger partial charge in [0.05, 0.1) is 17.1 Å². The van der Waals surface area contributed by atoms with Gasteiger partial charge in [-0.2, -0.15) is 13.1 Å². The molecule has 0 radical (unpaired) electrons. The maximum atomic E-state index is 12.5. The normalized spacial score (nSPS) is 14.6. The van der Waals surface area contributed by atoms with Crippen LogP contribution < -0.4 is 9.47 Å². The third kappa shape index (κ3) is 5.71. The Morgan fingerprint density at radius 2 is 1.74 bits per heavy atom. The molecule has 0 atom stereocenters. The zero-order chi connectivity index (χ0) is 22.4. The van der Waals surface area contributed by atoms with Crippen LogP contribution in [0.2, 0.25) is 0 Å². The van der Waals surface area contributed by atoms with Crippen molar-refractivity contribution in [2.24, 2.45) is 0 Å². The number of esters is 1. The van der Waals surface area contributed by atoms with Gasteiger partial charge in [-0.3, -0.25) is 0 Å². The van der Waals surface area contributed by atoms with Crippen LogP contribution in [0, 0.1) is 0 Å². The fourth-order valence-corrected chi connectivity index (χ4v) is 4.69. The second-order valence-corrected chi connectivity index (χ2v) is 8.74. The minimum absolute atomic E-state index is 0.110. The maximum Gasteiger partial charge on any atom is 0.387 e. The standard InChI is InChI=1S/C21H23F2NO6S/c1-2-28-19-13-15(5-10-18(19)30-21(22)23)14-29-20(25)16-6-8-17(9-7-16)31(26,27)24-11-3-4-12-24/h5-10,13,21H,2-4,11-12,14H2,1H3. The Labute approximate surface area is 179 Å². The van der Waals surface area contributed by atoms with Crippen molar-refractivity contribution in [1.82, 2.24) is 4.31 Å². The third-order valence-electron chi connectivity index (χ3n) is 4.69. The number of nitrogens with zero attached hydrogens (tertiary/aromatic N) is 1. The fraction of sp³-hybridized carbons (Fsp3) is 0.381. The van der Waals surface area contributed by atoms with Crippen LogP contribution >= 0.6 is 0 Å². The first kappa shape index (κ1) is 23.0. The van der Waals surface area contributed by atoms with E-state index >= 15 is 0 Å². The van der Waals surface area contributed by atoms with E-state index in [4.69, 9.17) is 9.47 Å². The van der Waals surface area contributed by atoms with E-state index in [9.17, 15) is 22.0 Å². The van der Waals surface area contributed by atoms with Crippen molar-refractivity contribution in [2.45, 2.75) is 37.9 Å². The van der Waals surface area contributed by atoms with Gasteiger partial charge in [0.2, 0.25) is 10.0 Å². The lowest BCUT2D eigenvalue weighted by molar-refractivity contribution is -0.0514. The van der Waals surface area contributed by atoms with Crippen molar-refractivity contribution in [2.75, 3.05) is 19.7 Å². The highest BCUT2D eigenvalue weighted by molar-refractivity contribution is 7.89. The zero-order valence-corrected chi connectivity index (χ0v) is 17.7. The van der Waals surface area contributed by atoms with Crippen LogP contribution in [0.3, 0.4) is 0 Å². The highest BCUT2D eigenvalue weighted by atomic mass is 32.2. The Bertz CT molecular complexity index is 1010. The monoisotopic (exact) mass is 455 g/mol. The molecule has 1 aliphatic rings. The van der Waals surface area contributed by atoms with Gasteiger partial charge < -0.3 is 14.2 Å². The number of alkyl halides is 2. The van der Waals surface area contributed by atoms with Crippen LogP contribution in [0.4, 0.5) is 8.78 Å². The lowest BCUT2D eigenvalue weighted by atomic mass is 10.2. The Balaban J connectivity index is 1.64. The van der Waals surface area contributed by atoms with E-state index in [1.165, 1.54) is 46.8 Å². The van der Waals surface area contributed by atoms with Crippen LogP contribution in [0.15, 0.2) is 47.4 Å². The molecule has 1 aliphatic heterocycles. The van der Waals surface area contributed by atoms with Gasteiger partial charge in [0.15, 0.2) is 11.5 Å². The molecule has 0 bridgehead atoms. The molecule has 0 unspecified atom stereocenters. The van der Waals surface area contributed by atoms with Crippen LogP contribution in [-0.2, 0) is 21.4 Å². The van der Waals surface area contributed by atoms with Crippen LogP contribution in [0.1, 0.15) is 35.7 Å². The van der Waals surface area contributed by atoms with Gasteiger partial charge in [-0.15, -0.1) is 0 Å². The quantitative estimate of drug-likeness (QED) is 0.535. The summed E-state index contributed by atoms with van der Waals surface area (Å²) < 4.78 is 66.4. The van der Waals surface area contributed by atoms with E-state index in [-0.39, 0.29) is 35.2 Å². The number of sulfonamides is 1. The highest BCUT2D eigenvalue weighted by Crippen LogP contribution is 2.30. The number of hydrogen-bond acceptors (Lipinski definition) is 6. The van der Waals surface area contributed by atoms with Gasteiger partial charge >= 0.3 is 12.6 Å². The van der Waals surface area contributed by atoms with E-state index in [0.717, 1.165) is 12.8 Å². The van der Waals surface area contributed by atoms with Crippen molar-refractivity contribution in [3.8, 4) is 11.5 Å². The molecule has 0 saturated carbocycles. The Morgan fingerprint density at radius 3 is 2.35 bits per heavy atom. The van der Waals surface area contributed by atoms with Gasteiger partial charge in [0.1, 0.15) is 6.61 Å². The molecule has 1 saturated heterocycles. The van der Waals surface area contributed by atoms with Crippen LogP contribution in [0.25, 0.3) is 0 Å². The van der Waals surface area contributed by atoms with Crippen LogP contribution in [-0.4, -0.2) is 45.0 Å². The summed E-state index contributed by atoms with van der Waals surface area (Å²) in [5, 5.41) is 0. The SMILES string of the molecule is CCOc1cc(COC(=O)c2ccc(S(=O)(=O)N3CCCC3)cc2)ccc1OC(F)F. The topological polar surface area (TPSA) is 82.1 Å². The van der Waals surface area contributed by atoms with Crippen molar-refractivity contribution in [3.05, 3.63) is 53.6 Å². The van der Waals surface area contributed by atoms with Gasteiger partial charge in [0.25, 0.3) is 0 Å². The number of ether oxygens (including phenoxy) is 3. The summed E-state index contributed by atoms with van der Waals surface area (Å²) in [6.45, 7) is -0.169. The van der Waals surface area contributed by atoms with Crippen LogP contribution in [0.5, 0.6) is 11.5 Å². The first-order valence-electron chi connectivity index (χ1n) is 9.79. The molecule has 0 aliphatic carbocycles. The lowest BCUT2D eigenvalue weighted by Crippen LogP contribution is -2.27. The second kappa shape index (κ2) is 10.1. The fourth-order valence-electron chi connectivity index (χ4n) is 3.18. The predicted octanol–water partition coefficient (Wildman–Crippen LogP) is 3.83. The van der Waals surface area contributed by atoms with Crippen molar-refractivity contribution in [3.63, 3.8) is 0 Å². The largest absolute Gasteiger partial charge is 0.490 e. The molecule has 0 spiro atoms. The summed E-state index contributed by atoms with van der Waals surface area (Å²) in [7, 11) is -3.56. The molecule has 0 amide bonds. The van der Waals surface area contributed by atoms with Gasteiger partial charge in [-0.05, 0) is 61.7 Å². The summed E-state index contributed by atoms with van der Waals surface area (Å²) in [4.78, 5) is 12.4. The number of rotatable bonds is 9. The summed E-state index contributed by atoms with van der Waals surface area (Å²) >= 11 is 0. The molecule has 3 rings (SSSR count). The molecule has 2 aromatic rings. The zero-order valence-electron chi connectivity index (χ0n) is 16.9. The molecule has 7 nitrogen and oxygen atoms in total. The summed E-state index contributed by atoms with van der Waals surface area (Å²) in [5.41, 5.74) is 0.717. The minimum atomic E-state index is -3.56. The first-order valence-corrected chi connectivity index (χ1v) is 11.2. The molecule has 31 heavy (non-hydrogen) atoms. The van der Waals surface area contributed by atoms with Crippen molar-refractivity contribution in [1.29, 1.82) is 0 Å². The average molecular weight is 455 g/mol. The van der Waals surface area contributed by atoms with Gasteiger partial charge in [-0.25, -0.2) is 13.2 Å². The molecule has 0 aromatic heterocycles. The molecule has 168 valence electrons. The summed E-state index contributed by atoms with van der Waals surface area (Å²) in [5.74, 6) is -0.634. The first-order chi connectivity index (χ1) is 14.8. The second-order valence-electron chi connectivity index (χ2n) is 6.80. The van der Waals surface area contributed by atoms with E-state index in [0.29, 0.717) is 18.7 Å². The Hall–Kier alpha value is -2.72.